The average Bonchev–Trinajstić information content (AvgIpc) is 3.24. The summed E-state index contributed by atoms with van der Waals surface area (Å²) >= 11 is 0. The van der Waals surface area contributed by atoms with E-state index >= 15 is 0 Å². The summed E-state index contributed by atoms with van der Waals surface area (Å²) in [6.45, 7) is 3.48. The Morgan fingerprint density at radius 3 is 2.58 bits per heavy atom. The van der Waals surface area contributed by atoms with E-state index < -0.39 is 29.5 Å². The Morgan fingerprint density at radius 1 is 1.21 bits per heavy atom. The molecule has 33 heavy (non-hydrogen) atoms. The lowest BCUT2D eigenvalue weighted by atomic mass is 9.81. The number of aryl methyl sites for hydroxylation is 1. The largest absolute Gasteiger partial charge is 0.362 e. The fourth-order valence-corrected chi connectivity index (χ4v) is 5.36. The van der Waals surface area contributed by atoms with Crippen molar-refractivity contribution in [2.75, 3.05) is 5.32 Å². The van der Waals surface area contributed by atoms with Crippen LogP contribution in [0.1, 0.15) is 68.1 Å². The summed E-state index contributed by atoms with van der Waals surface area (Å²) in [7, 11) is 0. The minimum Gasteiger partial charge on any atom is -0.362 e. The molecule has 3 fully saturated rings. The third kappa shape index (κ3) is 3.67. The molecule has 5 nitrogen and oxygen atoms in total. The zero-order valence-corrected chi connectivity index (χ0v) is 18.3. The van der Waals surface area contributed by atoms with Gasteiger partial charge in [0.1, 0.15) is 23.1 Å². The van der Waals surface area contributed by atoms with Crippen LogP contribution in [0.2, 0.25) is 0 Å². The van der Waals surface area contributed by atoms with Crippen LogP contribution < -0.4 is 10.9 Å². The number of nitrogens with zero attached hydrogens (tertiary/aromatic N) is 3. The SMILES string of the molecule is CCC(Nc1nc(C)nc2cc(=O)n([C@H]3CC4(F)CC3C4)cc12)c1cccc(C(F)F)c1F. The van der Waals surface area contributed by atoms with E-state index in [1.807, 2.05) is 6.92 Å². The van der Waals surface area contributed by atoms with Crippen molar-refractivity contribution in [2.24, 2.45) is 5.92 Å². The van der Waals surface area contributed by atoms with Crippen LogP contribution in [0.15, 0.2) is 35.3 Å². The highest BCUT2D eigenvalue weighted by Crippen LogP contribution is 2.59. The second kappa shape index (κ2) is 7.81. The smallest absolute Gasteiger partial charge is 0.266 e. The molecule has 1 N–H and O–H groups in total. The minimum absolute atomic E-state index is 0.115. The fourth-order valence-electron chi connectivity index (χ4n) is 5.36. The van der Waals surface area contributed by atoms with E-state index in [1.54, 1.807) is 17.7 Å². The number of fused-ring (bicyclic) bond motifs is 2. The van der Waals surface area contributed by atoms with Crippen LogP contribution in [0.4, 0.5) is 23.4 Å². The first kappa shape index (κ1) is 21.9. The van der Waals surface area contributed by atoms with Gasteiger partial charge in [-0.25, -0.2) is 27.5 Å². The summed E-state index contributed by atoms with van der Waals surface area (Å²) in [6.07, 6.45) is 0.373. The van der Waals surface area contributed by atoms with E-state index in [2.05, 4.69) is 15.3 Å². The summed E-state index contributed by atoms with van der Waals surface area (Å²) in [4.78, 5) is 21.6. The van der Waals surface area contributed by atoms with Crippen molar-refractivity contribution in [1.29, 1.82) is 0 Å². The predicted octanol–water partition coefficient (Wildman–Crippen LogP) is 5.80. The highest BCUT2D eigenvalue weighted by Gasteiger charge is 2.57. The molecule has 2 heterocycles. The molecule has 174 valence electrons. The molecule has 3 saturated carbocycles. The summed E-state index contributed by atoms with van der Waals surface area (Å²) in [5, 5.41) is 3.72. The maximum Gasteiger partial charge on any atom is 0.266 e. The third-order valence-corrected chi connectivity index (χ3v) is 6.99. The van der Waals surface area contributed by atoms with Crippen molar-refractivity contribution in [3.63, 3.8) is 0 Å². The first-order valence-electron chi connectivity index (χ1n) is 11.1. The van der Waals surface area contributed by atoms with Gasteiger partial charge in [-0.3, -0.25) is 4.79 Å². The Hall–Kier alpha value is -2.97. The van der Waals surface area contributed by atoms with Gasteiger partial charge in [0.25, 0.3) is 12.0 Å². The van der Waals surface area contributed by atoms with Gasteiger partial charge in [0.05, 0.1) is 22.5 Å². The number of aromatic nitrogens is 3. The van der Waals surface area contributed by atoms with Crippen LogP contribution in [0.3, 0.4) is 0 Å². The molecule has 3 aliphatic rings. The number of nitrogens with one attached hydrogen (secondary N) is 1. The van der Waals surface area contributed by atoms with Crippen molar-refractivity contribution in [3.8, 4) is 0 Å². The van der Waals surface area contributed by atoms with E-state index in [1.165, 1.54) is 18.2 Å². The van der Waals surface area contributed by atoms with Gasteiger partial charge in [-0.05, 0) is 32.1 Å². The molecule has 0 spiro atoms. The normalized spacial score (nSPS) is 24.8. The lowest BCUT2D eigenvalue weighted by Crippen LogP contribution is -2.31. The molecular formula is C24H24F4N4O. The molecule has 3 aliphatic carbocycles. The molecule has 0 amide bonds. The van der Waals surface area contributed by atoms with Crippen LogP contribution >= 0.6 is 0 Å². The van der Waals surface area contributed by atoms with Gasteiger partial charge in [0.15, 0.2) is 0 Å². The van der Waals surface area contributed by atoms with Crippen molar-refractivity contribution in [3.05, 3.63) is 63.6 Å². The van der Waals surface area contributed by atoms with Crippen molar-refractivity contribution < 1.29 is 17.6 Å². The summed E-state index contributed by atoms with van der Waals surface area (Å²) in [5.41, 5.74) is -1.55. The van der Waals surface area contributed by atoms with Gasteiger partial charge in [-0.1, -0.05) is 25.1 Å². The minimum atomic E-state index is -2.92. The second-order valence-corrected chi connectivity index (χ2v) is 9.18. The van der Waals surface area contributed by atoms with Crippen LogP contribution in [0.5, 0.6) is 0 Å². The number of alkyl halides is 3. The Kier molecular flexibility index (Phi) is 5.17. The highest BCUT2D eigenvalue weighted by atomic mass is 19.3. The van der Waals surface area contributed by atoms with Gasteiger partial charge in [-0.2, -0.15) is 0 Å². The molecule has 0 radical (unpaired) electrons. The average molecular weight is 460 g/mol. The number of hydrogen-bond donors (Lipinski definition) is 1. The van der Waals surface area contributed by atoms with Crippen LogP contribution in [0.25, 0.3) is 10.9 Å². The summed E-state index contributed by atoms with van der Waals surface area (Å²) in [6, 6.07) is 4.52. The van der Waals surface area contributed by atoms with Gasteiger partial charge < -0.3 is 9.88 Å². The third-order valence-electron chi connectivity index (χ3n) is 6.99. The predicted molar refractivity (Wildman–Crippen MR) is 117 cm³/mol. The zero-order chi connectivity index (χ0) is 23.5. The van der Waals surface area contributed by atoms with E-state index in [9.17, 15) is 22.4 Å². The van der Waals surface area contributed by atoms with E-state index in [0.29, 0.717) is 48.2 Å². The van der Waals surface area contributed by atoms with E-state index in [-0.39, 0.29) is 23.1 Å². The molecule has 0 aliphatic heterocycles. The summed E-state index contributed by atoms with van der Waals surface area (Å²) in [5.74, 6) is -0.0368. The van der Waals surface area contributed by atoms with Gasteiger partial charge in [0, 0.05) is 30.3 Å². The molecule has 9 heteroatoms. The molecule has 2 aromatic heterocycles. The van der Waals surface area contributed by atoms with Crippen LogP contribution in [-0.4, -0.2) is 20.2 Å². The Labute approximate surface area is 187 Å². The van der Waals surface area contributed by atoms with Gasteiger partial charge >= 0.3 is 0 Å². The van der Waals surface area contributed by atoms with E-state index in [0.717, 1.165) is 6.07 Å². The molecule has 1 unspecified atom stereocenters. The van der Waals surface area contributed by atoms with Crippen molar-refractivity contribution >= 4 is 16.7 Å². The highest BCUT2D eigenvalue weighted by molar-refractivity contribution is 5.88. The monoisotopic (exact) mass is 460 g/mol. The Bertz CT molecular complexity index is 1290. The van der Waals surface area contributed by atoms with E-state index in [4.69, 9.17) is 0 Å². The molecular weight excluding hydrogens is 436 g/mol. The maximum atomic E-state index is 14.8. The Morgan fingerprint density at radius 2 is 1.94 bits per heavy atom. The second-order valence-electron chi connectivity index (χ2n) is 9.18. The number of pyridine rings is 1. The maximum absolute atomic E-state index is 14.8. The first-order chi connectivity index (χ1) is 15.7. The Balaban J connectivity index is 1.57. The molecule has 2 atom stereocenters. The molecule has 6 rings (SSSR count). The molecule has 0 saturated heterocycles. The quantitative estimate of drug-likeness (QED) is 0.472. The standard InChI is InChI=1S/C24H24F4N4O/c1-3-17(14-5-4-6-15(21(14)25)22(26)27)31-23-16-11-32(19-10-24(28)8-13(19)9-24)20(33)7-18(16)29-12(2)30-23/h4-7,11,13,17,19,22H,3,8-10H2,1-2H3,(H,29,30,31)/t13?,17?,19-,24?/m0/s1. The summed E-state index contributed by atoms with van der Waals surface area (Å²) < 4.78 is 57.3. The molecule has 3 aromatic rings. The van der Waals surface area contributed by atoms with Crippen LogP contribution in [-0.2, 0) is 0 Å². The number of anilines is 1. The number of rotatable bonds is 6. The zero-order valence-electron chi connectivity index (χ0n) is 18.3. The fraction of sp³-hybridized carbons (Fsp3) is 0.458. The topological polar surface area (TPSA) is 59.8 Å². The lowest BCUT2D eigenvalue weighted by Gasteiger charge is -2.30. The lowest BCUT2D eigenvalue weighted by molar-refractivity contribution is 0.0740. The van der Waals surface area contributed by atoms with Crippen molar-refractivity contribution in [1.82, 2.24) is 14.5 Å². The molecule has 1 aromatic carbocycles. The molecule has 2 bridgehead atoms. The number of hydrogen-bond acceptors (Lipinski definition) is 4. The van der Waals surface area contributed by atoms with Crippen molar-refractivity contribution in [2.45, 2.75) is 63.7 Å². The number of benzene rings is 1. The first-order valence-corrected chi connectivity index (χ1v) is 11.1. The van der Waals surface area contributed by atoms with Gasteiger partial charge in [-0.15, -0.1) is 0 Å². The number of halogens is 4. The van der Waals surface area contributed by atoms with Crippen LogP contribution in [0, 0.1) is 18.7 Å². The van der Waals surface area contributed by atoms with Gasteiger partial charge in [0.2, 0.25) is 0 Å².